The molecule has 1 heterocycles. The van der Waals surface area contributed by atoms with Gasteiger partial charge in [-0.25, -0.2) is 9.78 Å². The van der Waals surface area contributed by atoms with E-state index in [1.54, 1.807) is 49.4 Å². The first-order valence-corrected chi connectivity index (χ1v) is 9.17. The molecule has 3 rings (SSSR count). The third-order valence-corrected chi connectivity index (χ3v) is 4.26. The number of rotatable bonds is 6. The summed E-state index contributed by atoms with van der Waals surface area (Å²) in [4.78, 5) is 40.5. The maximum absolute atomic E-state index is 12.6. The Bertz CT molecular complexity index is 1130. The molecule has 0 bridgehead atoms. The molecule has 0 fully saturated rings. The van der Waals surface area contributed by atoms with Crippen LogP contribution in [-0.4, -0.2) is 28.0 Å². The van der Waals surface area contributed by atoms with Crippen molar-refractivity contribution in [2.75, 3.05) is 11.9 Å². The van der Waals surface area contributed by atoms with Gasteiger partial charge in [-0.1, -0.05) is 24.3 Å². The highest BCUT2D eigenvalue weighted by Crippen LogP contribution is 2.12. The monoisotopic (exact) mass is 391 g/mol. The molecule has 148 valence electrons. The lowest BCUT2D eigenvalue weighted by Gasteiger charge is -2.09. The van der Waals surface area contributed by atoms with Gasteiger partial charge in [-0.05, 0) is 49.2 Å². The summed E-state index contributed by atoms with van der Waals surface area (Å²) < 4.78 is 6.11. The van der Waals surface area contributed by atoms with E-state index in [2.05, 4.69) is 10.3 Å². The van der Waals surface area contributed by atoms with Crippen molar-refractivity contribution in [2.45, 2.75) is 20.4 Å². The average molecular weight is 391 g/mol. The molecule has 7 heteroatoms. The zero-order valence-electron chi connectivity index (χ0n) is 16.2. The normalized spacial score (nSPS) is 11.0. The third kappa shape index (κ3) is 4.95. The molecule has 3 aromatic rings. The maximum atomic E-state index is 12.6. The van der Waals surface area contributed by atoms with Crippen molar-refractivity contribution in [1.29, 1.82) is 0 Å². The van der Waals surface area contributed by atoms with E-state index in [1.165, 1.54) is 17.0 Å². The van der Waals surface area contributed by atoms with Crippen molar-refractivity contribution in [3.8, 4) is 0 Å². The number of amides is 1. The van der Waals surface area contributed by atoms with Crippen molar-refractivity contribution in [1.82, 2.24) is 9.55 Å². The van der Waals surface area contributed by atoms with Crippen LogP contribution in [0.1, 0.15) is 18.1 Å². The Balaban J connectivity index is 1.67. The minimum absolute atomic E-state index is 0.139. The van der Waals surface area contributed by atoms with Crippen LogP contribution in [0.3, 0.4) is 0 Å². The van der Waals surface area contributed by atoms with Gasteiger partial charge in [0.05, 0.1) is 23.8 Å². The van der Waals surface area contributed by atoms with Gasteiger partial charge in [-0.15, -0.1) is 0 Å². The second-order valence-electron chi connectivity index (χ2n) is 6.40. The van der Waals surface area contributed by atoms with Gasteiger partial charge in [0.15, 0.2) is 0 Å². The minimum atomic E-state index is -0.408. The van der Waals surface area contributed by atoms with Crippen LogP contribution >= 0.6 is 0 Å². The van der Waals surface area contributed by atoms with Crippen molar-refractivity contribution >= 4 is 34.5 Å². The van der Waals surface area contributed by atoms with Crippen molar-refractivity contribution in [3.63, 3.8) is 0 Å². The molecular weight excluding hydrogens is 370 g/mol. The summed E-state index contributed by atoms with van der Waals surface area (Å²) in [6.45, 7) is 3.81. The number of hydrogen-bond donors (Lipinski definition) is 1. The number of anilines is 1. The Morgan fingerprint density at radius 2 is 1.93 bits per heavy atom. The first-order valence-electron chi connectivity index (χ1n) is 9.17. The number of para-hydroxylation sites is 1. The van der Waals surface area contributed by atoms with Crippen molar-refractivity contribution < 1.29 is 14.3 Å². The summed E-state index contributed by atoms with van der Waals surface area (Å²) >= 11 is 0. The van der Waals surface area contributed by atoms with Crippen LogP contribution in [-0.2, 0) is 20.9 Å². The number of nitrogens with zero attached hydrogens (tertiary/aromatic N) is 2. The van der Waals surface area contributed by atoms with Crippen LogP contribution in [0.15, 0.2) is 59.7 Å². The van der Waals surface area contributed by atoms with E-state index in [1.807, 2.05) is 13.0 Å². The minimum Gasteiger partial charge on any atom is -0.463 e. The van der Waals surface area contributed by atoms with E-state index in [-0.39, 0.29) is 18.0 Å². The first-order chi connectivity index (χ1) is 14.0. The molecule has 29 heavy (non-hydrogen) atoms. The topological polar surface area (TPSA) is 90.3 Å². The molecule has 0 aliphatic carbocycles. The van der Waals surface area contributed by atoms with E-state index >= 15 is 0 Å². The Hall–Kier alpha value is -3.74. The number of aromatic nitrogens is 2. The Labute approximate surface area is 167 Å². The van der Waals surface area contributed by atoms with E-state index in [0.717, 1.165) is 11.1 Å². The Morgan fingerprint density at radius 3 is 2.66 bits per heavy atom. The average Bonchev–Trinajstić information content (AvgIpc) is 2.70. The summed E-state index contributed by atoms with van der Waals surface area (Å²) in [5, 5.41) is 3.23. The Kier molecular flexibility index (Phi) is 6.19. The van der Waals surface area contributed by atoms with Crippen LogP contribution in [0.25, 0.3) is 17.0 Å². The molecule has 0 spiro atoms. The zero-order chi connectivity index (χ0) is 20.8. The Morgan fingerprint density at radius 1 is 1.17 bits per heavy atom. The second kappa shape index (κ2) is 8.97. The number of carbonyl (C=O) groups is 2. The quantitative estimate of drug-likeness (QED) is 0.515. The third-order valence-electron chi connectivity index (χ3n) is 4.26. The van der Waals surface area contributed by atoms with Gasteiger partial charge < -0.3 is 10.1 Å². The maximum Gasteiger partial charge on any atom is 0.330 e. The van der Waals surface area contributed by atoms with Gasteiger partial charge in [0.1, 0.15) is 6.54 Å². The summed E-state index contributed by atoms with van der Waals surface area (Å²) in [5.41, 5.74) is 2.67. The van der Waals surface area contributed by atoms with Gasteiger partial charge in [-0.3, -0.25) is 14.2 Å². The lowest BCUT2D eigenvalue weighted by Crippen LogP contribution is -2.28. The van der Waals surface area contributed by atoms with E-state index in [4.69, 9.17) is 4.74 Å². The second-order valence-corrected chi connectivity index (χ2v) is 6.40. The number of nitrogens with one attached hydrogen (secondary N) is 1. The van der Waals surface area contributed by atoms with Gasteiger partial charge in [0.2, 0.25) is 5.91 Å². The molecule has 7 nitrogen and oxygen atoms in total. The van der Waals surface area contributed by atoms with E-state index < -0.39 is 5.97 Å². The molecule has 0 saturated carbocycles. The standard InChI is InChI=1S/C22H21N3O4/c1-3-29-20(27)12-9-16-7-10-17(11-8-16)24-19(26)13-25-14-23-21-15(2)5-4-6-18(21)22(25)28/h4-12,14H,3,13H2,1-2H3,(H,24,26). The summed E-state index contributed by atoms with van der Waals surface area (Å²) in [6.07, 6.45) is 4.37. The van der Waals surface area contributed by atoms with Crippen molar-refractivity contribution in [3.05, 3.63) is 76.3 Å². The number of benzene rings is 2. The first kappa shape index (κ1) is 20.0. The number of esters is 1. The largest absolute Gasteiger partial charge is 0.463 e. The number of fused-ring (bicyclic) bond motifs is 1. The van der Waals surface area contributed by atoms with Crippen LogP contribution in [0.2, 0.25) is 0 Å². The van der Waals surface area contributed by atoms with Crippen LogP contribution < -0.4 is 10.9 Å². The van der Waals surface area contributed by atoms with E-state index in [9.17, 15) is 14.4 Å². The van der Waals surface area contributed by atoms with Crippen LogP contribution in [0, 0.1) is 6.92 Å². The molecule has 0 unspecified atom stereocenters. The molecule has 2 aromatic carbocycles. The molecule has 0 atom stereocenters. The lowest BCUT2D eigenvalue weighted by atomic mass is 10.1. The van der Waals surface area contributed by atoms with Gasteiger partial charge >= 0.3 is 5.97 Å². The smallest absolute Gasteiger partial charge is 0.330 e. The number of hydrogen-bond acceptors (Lipinski definition) is 5. The number of aryl methyl sites for hydroxylation is 1. The molecule has 0 aliphatic heterocycles. The molecule has 1 amide bonds. The SMILES string of the molecule is CCOC(=O)C=Cc1ccc(NC(=O)Cn2cnc3c(C)cccc3c2=O)cc1. The molecule has 0 saturated heterocycles. The fourth-order valence-electron chi connectivity index (χ4n) is 2.84. The van der Waals surface area contributed by atoms with Gasteiger partial charge in [-0.2, -0.15) is 0 Å². The number of ether oxygens (including phenoxy) is 1. The molecule has 1 aromatic heterocycles. The summed E-state index contributed by atoms with van der Waals surface area (Å²) in [7, 11) is 0. The molecular formula is C22H21N3O4. The van der Waals surface area contributed by atoms with E-state index in [0.29, 0.717) is 23.2 Å². The van der Waals surface area contributed by atoms with Gasteiger partial charge in [0, 0.05) is 11.8 Å². The molecule has 0 radical (unpaired) electrons. The fraction of sp³-hybridized carbons (Fsp3) is 0.182. The molecule has 0 aliphatic rings. The summed E-state index contributed by atoms with van der Waals surface area (Å²) in [6, 6.07) is 12.3. The number of carbonyl (C=O) groups excluding carboxylic acids is 2. The lowest BCUT2D eigenvalue weighted by molar-refractivity contribution is -0.137. The molecule has 1 N–H and O–H groups in total. The highest BCUT2D eigenvalue weighted by atomic mass is 16.5. The highest BCUT2D eigenvalue weighted by molar-refractivity contribution is 5.91. The fourth-order valence-corrected chi connectivity index (χ4v) is 2.84. The zero-order valence-corrected chi connectivity index (χ0v) is 16.2. The van der Waals surface area contributed by atoms with Crippen molar-refractivity contribution in [2.24, 2.45) is 0 Å². The summed E-state index contributed by atoms with van der Waals surface area (Å²) in [5.74, 6) is -0.745. The van der Waals surface area contributed by atoms with Crippen LogP contribution in [0.5, 0.6) is 0 Å². The van der Waals surface area contributed by atoms with Crippen LogP contribution in [0.4, 0.5) is 5.69 Å². The highest BCUT2D eigenvalue weighted by Gasteiger charge is 2.09. The van der Waals surface area contributed by atoms with Gasteiger partial charge in [0.25, 0.3) is 5.56 Å². The predicted molar refractivity (Wildman–Crippen MR) is 111 cm³/mol. The predicted octanol–water partition coefficient (Wildman–Crippen LogP) is 2.92.